The number of aliphatic hydroxyl groups is 1. The largest absolute Gasteiger partial charge is 0.497 e. The fourth-order valence-corrected chi connectivity index (χ4v) is 2.56. The Morgan fingerprint density at radius 1 is 1.00 bits per heavy atom. The van der Waals surface area contributed by atoms with Crippen LogP contribution in [0.25, 0.3) is 6.08 Å². The van der Waals surface area contributed by atoms with E-state index >= 15 is 0 Å². The van der Waals surface area contributed by atoms with Gasteiger partial charge in [0.15, 0.2) is 0 Å². The van der Waals surface area contributed by atoms with E-state index in [2.05, 4.69) is 12.2 Å². The second-order valence-corrected chi connectivity index (χ2v) is 4.73. The zero-order chi connectivity index (χ0) is 13.2. The van der Waals surface area contributed by atoms with Crippen LogP contribution < -0.4 is 4.74 Å². The van der Waals surface area contributed by atoms with Crippen molar-refractivity contribution in [3.63, 3.8) is 0 Å². The highest BCUT2D eigenvalue weighted by Crippen LogP contribution is 2.38. The Bertz CT molecular complexity index is 599. The Hall–Kier alpha value is -2.06. The predicted octanol–water partition coefficient (Wildman–Crippen LogP) is 3.54. The first-order chi connectivity index (χ1) is 9.29. The van der Waals surface area contributed by atoms with Gasteiger partial charge in [0.25, 0.3) is 0 Å². The number of benzene rings is 2. The van der Waals surface area contributed by atoms with Crippen molar-refractivity contribution in [3.8, 4) is 5.75 Å². The lowest BCUT2D eigenvalue weighted by atomic mass is 9.83. The minimum absolute atomic E-state index is 0.000746. The summed E-state index contributed by atoms with van der Waals surface area (Å²) in [5, 5.41) is 10.5. The topological polar surface area (TPSA) is 29.5 Å². The smallest absolute Gasteiger partial charge is 0.118 e. The first-order valence-electron chi connectivity index (χ1n) is 6.39. The van der Waals surface area contributed by atoms with Gasteiger partial charge in [-0.1, -0.05) is 48.6 Å². The van der Waals surface area contributed by atoms with Crippen molar-refractivity contribution in [1.82, 2.24) is 0 Å². The molecule has 1 aliphatic rings. The molecular weight excluding hydrogens is 236 g/mol. The predicted molar refractivity (Wildman–Crippen MR) is 76.2 cm³/mol. The van der Waals surface area contributed by atoms with Crippen LogP contribution in [-0.2, 0) is 0 Å². The molecule has 0 radical (unpaired) electrons. The van der Waals surface area contributed by atoms with Crippen LogP contribution in [0, 0.1) is 0 Å². The van der Waals surface area contributed by atoms with Crippen LogP contribution in [0.15, 0.2) is 54.6 Å². The average Bonchev–Trinajstić information content (AvgIpc) is 2.48. The monoisotopic (exact) mass is 252 g/mol. The van der Waals surface area contributed by atoms with E-state index in [9.17, 15) is 5.11 Å². The third-order valence-electron chi connectivity index (χ3n) is 3.64. The van der Waals surface area contributed by atoms with Gasteiger partial charge in [0.1, 0.15) is 5.75 Å². The lowest BCUT2D eigenvalue weighted by molar-refractivity contribution is 0.160. The van der Waals surface area contributed by atoms with Gasteiger partial charge in [-0.15, -0.1) is 0 Å². The van der Waals surface area contributed by atoms with Gasteiger partial charge in [-0.05, 0) is 28.8 Å². The summed E-state index contributed by atoms with van der Waals surface area (Å²) in [5.41, 5.74) is 3.18. The van der Waals surface area contributed by atoms with Gasteiger partial charge in [-0.3, -0.25) is 0 Å². The van der Waals surface area contributed by atoms with Gasteiger partial charge in [0.2, 0.25) is 0 Å². The molecule has 0 aromatic heterocycles. The van der Waals surface area contributed by atoms with Crippen LogP contribution in [0.5, 0.6) is 5.75 Å². The van der Waals surface area contributed by atoms with E-state index < -0.39 is 6.10 Å². The standard InChI is InChI=1S/C17H16O2/c1-19-14-9-6-13(7-10-14)16-11-8-12-4-2-3-5-15(12)17(16)18/h2-11,16-18H,1H3/t16-,17+/m0/s1. The van der Waals surface area contributed by atoms with Crippen LogP contribution in [0.1, 0.15) is 28.7 Å². The molecule has 2 aromatic carbocycles. The fraction of sp³-hybridized carbons (Fsp3) is 0.176. The maximum atomic E-state index is 10.5. The molecule has 0 saturated carbocycles. The van der Waals surface area contributed by atoms with E-state index in [0.717, 1.165) is 22.4 Å². The second kappa shape index (κ2) is 4.90. The van der Waals surface area contributed by atoms with Crippen LogP contribution in [-0.4, -0.2) is 12.2 Å². The Balaban J connectivity index is 1.95. The lowest BCUT2D eigenvalue weighted by Crippen LogP contribution is -2.13. The minimum atomic E-state index is -0.491. The number of fused-ring (bicyclic) bond motifs is 1. The SMILES string of the molecule is COc1ccc([C@@H]2C=Cc3ccccc3[C@H]2O)cc1. The molecule has 0 heterocycles. The van der Waals surface area contributed by atoms with E-state index in [4.69, 9.17) is 4.74 Å². The highest BCUT2D eigenvalue weighted by molar-refractivity contribution is 5.60. The molecule has 0 bridgehead atoms. The fourth-order valence-electron chi connectivity index (χ4n) is 2.56. The van der Waals surface area contributed by atoms with Gasteiger partial charge in [-0.25, -0.2) is 0 Å². The Labute approximate surface area is 113 Å². The molecule has 1 N–H and O–H groups in total. The van der Waals surface area contributed by atoms with Gasteiger partial charge < -0.3 is 9.84 Å². The maximum Gasteiger partial charge on any atom is 0.118 e. The maximum absolute atomic E-state index is 10.5. The summed E-state index contributed by atoms with van der Waals surface area (Å²) in [7, 11) is 1.65. The highest BCUT2D eigenvalue weighted by Gasteiger charge is 2.25. The summed E-state index contributed by atoms with van der Waals surface area (Å²) < 4.78 is 5.16. The molecule has 1 aliphatic carbocycles. The summed E-state index contributed by atoms with van der Waals surface area (Å²) in [4.78, 5) is 0. The quantitative estimate of drug-likeness (QED) is 0.885. The molecule has 0 saturated heterocycles. The van der Waals surface area contributed by atoms with Crippen molar-refractivity contribution in [2.24, 2.45) is 0 Å². The molecule has 0 amide bonds. The van der Waals surface area contributed by atoms with E-state index in [1.54, 1.807) is 7.11 Å². The lowest BCUT2D eigenvalue weighted by Gasteiger charge is -2.26. The Morgan fingerprint density at radius 3 is 2.47 bits per heavy atom. The van der Waals surface area contributed by atoms with E-state index in [0.29, 0.717) is 0 Å². The van der Waals surface area contributed by atoms with Crippen LogP contribution >= 0.6 is 0 Å². The summed E-state index contributed by atoms with van der Waals surface area (Å²) in [5.74, 6) is 0.833. The average molecular weight is 252 g/mol. The molecule has 0 fully saturated rings. The number of hydrogen-bond donors (Lipinski definition) is 1. The van der Waals surface area contributed by atoms with Gasteiger partial charge in [0, 0.05) is 5.92 Å². The van der Waals surface area contributed by atoms with Crippen molar-refractivity contribution in [2.45, 2.75) is 12.0 Å². The van der Waals surface area contributed by atoms with Crippen molar-refractivity contribution in [3.05, 3.63) is 71.3 Å². The van der Waals surface area contributed by atoms with E-state index in [1.807, 2.05) is 48.5 Å². The molecule has 19 heavy (non-hydrogen) atoms. The van der Waals surface area contributed by atoms with Gasteiger partial charge in [0.05, 0.1) is 13.2 Å². The summed E-state index contributed by atoms with van der Waals surface area (Å²) in [6.45, 7) is 0. The molecular formula is C17H16O2. The van der Waals surface area contributed by atoms with Crippen molar-refractivity contribution in [1.29, 1.82) is 0 Å². The van der Waals surface area contributed by atoms with E-state index in [1.165, 1.54) is 0 Å². The molecule has 2 nitrogen and oxygen atoms in total. The highest BCUT2D eigenvalue weighted by atomic mass is 16.5. The van der Waals surface area contributed by atoms with E-state index in [-0.39, 0.29) is 5.92 Å². The third-order valence-corrected chi connectivity index (χ3v) is 3.64. The molecule has 2 atom stereocenters. The van der Waals surface area contributed by atoms with Crippen LogP contribution in [0.2, 0.25) is 0 Å². The third kappa shape index (κ3) is 2.15. The first-order valence-corrected chi connectivity index (χ1v) is 6.39. The zero-order valence-corrected chi connectivity index (χ0v) is 10.8. The molecule has 96 valence electrons. The van der Waals surface area contributed by atoms with Crippen LogP contribution in [0.4, 0.5) is 0 Å². The van der Waals surface area contributed by atoms with Crippen molar-refractivity contribution >= 4 is 6.08 Å². The van der Waals surface area contributed by atoms with Gasteiger partial charge in [-0.2, -0.15) is 0 Å². The Kier molecular flexibility index (Phi) is 3.10. The molecule has 0 unspecified atom stereocenters. The molecule has 3 rings (SSSR count). The minimum Gasteiger partial charge on any atom is -0.497 e. The number of hydrogen-bond acceptors (Lipinski definition) is 2. The summed E-state index contributed by atoms with van der Waals surface area (Å²) in [6, 6.07) is 15.8. The molecule has 0 aliphatic heterocycles. The van der Waals surface area contributed by atoms with Gasteiger partial charge >= 0.3 is 0 Å². The zero-order valence-electron chi connectivity index (χ0n) is 10.8. The number of aliphatic hydroxyl groups excluding tert-OH is 1. The molecule has 2 heteroatoms. The van der Waals surface area contributed by atoms with Crippen molar-refractivity contribution in [2.75, 3.05) is 7.11 Å². The summed E-state index contributed by atoms with van der Waals surface area (Å²) in [6.07, 6.45) is 3.65. The molecule has 2 aromatic rings. The summed E-state index contributed by atoms with van der Waals surface area (Å²) >= 11 is 0. The number of ether oxygens (including phenoxy) is 1. The number of rotatable bonds is 2. The number of methoxy groups -OCH3 is 1. The Morgan fingerprint density at radius 2 is 1.74 bits per heavy atom. The second-order valence-electron chi connectivity index (χ2n) is 4.73. The van der Waals surface area contributed by atoms with Crippen LogP contribution in [0.3, 0.4) is 0 Å². The normalized spacial score (nSPS) is 20.9. The molecule has 0 spiro atoms. The van der Waals surface area contributed by atoms with Crippen molar-refractivity contribution < 1.29 is 9.84 Å². The first kappa shape index (κ1) is 12.0.